The van der Waals surface area contributed by atoms with Gasteiger partial charge < -0.3 is 94.9 Å². The molecule has 4 saturated heterocycles. The van der Waals surface area contributed by atoms with E-state index >= 15 is 0 Å². The van der Waals surface area contributed by atoms with Gasteiger partial charge in [0.1, 0.15) is 85.3 Å². The lowest BCUT2D eigenvalue weighted by molar-refractivity contribution is -0.367. The highest BCUT2D eigenvalue weighted by Crippen LogP contribution is 2.36. The maximum atomic E-state index is 12.6. The number of ether oxygens (including phenoxy) is 7. The number of carboxylic acids is 2. The van der Waals surface area contributed by atoms with Crippen LogP contribution in [0.5, 0.6) is 0 Å². The van der Waals surface area contributed by atoms with Crippen LogP contribution in [0.3, 0.4) is 0 Å². The molecule has 4 heterocycles. The maximum Gasteiger partial charge on any atom is 0.397 e. The molecule has 4 rings (SSSR count). The zero-order valence-electron chi connectivity index (χ0n) is 31.1. The predicted octanol–water partition coefficient (Wildman–Crippen LogP) is -9.62. The van der Waals surface area contributed by atoms with Gasteiger partial charge in [-0.2, -0.15) is 16.8 Å². The van der Waals surface area contributed by atoms with Gasteiger partial charge in [-0.1, -0.05) is 0 Å². The van der Waals surface area contributed by atoms with Crippen molar-refractivity contribution in [2.45, 2.75) is 137 Å². The van der Waals surface area contributed by atoms with Crippen LogP contribution in [0, 0.1) is 0 Å². The fraction of sp³-hybridized carbons (Fsp3) is 0.857. The Morgan fingerprint density at radius 2 is 0.934 bits per heavy atom. The number of rotatable bonds is 16. The Balaban J connectivity index is 1.73. The van der Waals surface area contributed by atoms with Gasteiger partial charge in [0.25, 0.3) is 0 Å². The number of aliphatic hydroxyl groups excluding tert-OH is 8. The third-order valence-electron chi connectivity index (χ3n) is 9.35. The van der Waals surface area contributed by atoms with E-state index in [1.807, 2.05) is 0 Å². The van der Waals surface area contributed by atoms with E-state index in [0.717, 1.165) is 13.8 Å². The minimum Gasteiger partial charge on any atom is -0.479 e. The molecule has 61 heavy (non-hydrogen) atoms. The summed E-state index contributed by atoms with van der Waals surface area (Å²) in [5.74, 6) is -5.99. The molecule has 20 atom stereocenters. The third-order valence-corrected chi connectivity index (χ3v) is 10.3. The zero-order valence-corrected chi connectivity index (χ0v) is 32.7. The molecule has 2 amide bonds. The highest BCUT2D eigenvalue weighted by molar-refractivity contribution is 7.81. The smallest absolute Gasteiger partial charge is 0.397 e. The molecule has 0 aromatic carbocycles. The molecular weight excluding hydrogens is 892 g/mol. The first-order chi connectivity index (χ1) is 28.2. The summed E-state index contributed by atoms with van der Waals surface area (Å²) in [6, 6.07) is -4.04. The molecule has 14 N–H and O–H groups in total. The fourth-order valence-electron chi connectivity index (χ4n) is 6.78. The van der Waals surface area contributed by atoms with E-state index in [4.69, 9.17) is 33.2 Å². The van der Waals surface area contributed by atoms with Crippen molar-refractivity contribution in [3.63, 3.8) is 0 Å². The van der Waals surface area contributed by atoms with E-state index in [0.29, 0.717) is 0 Å². The molecule has 0 aromatic heterocycles. The van der Waals surface area contributed by atoms with Gasteiger partial charge in [0.2, 0.25) is 11.8 Å². The zero-order chi connectivity index (χ0) is 46.0. The number of carboxylic acid groups (broad SMARTS) is 2. The van der Waals surface area contributed by atoms with Gasteiger partial charge >= 0.3 is 32.7 Å². The number of amides is 2. The van der Waals surface area contributed by atoms with E-state index < -0.39 is 180 Å². The van der Waals surface area contributed by atoms with Gasteiger partial charge in [0.15, 0.2) is 37.4 Å². The van der Waals surface area contributed by atoms with Crippen molar-refractivity contribution in [1.29, 1.82) is 0 Å². The number of hydrogen-bond donors (Lipinski definition) is 14. The van der Waals surface area contributed by atoms with E-state index in [2.05, 4.69) is 19.0 Å². The summed E-state index contributed by atoms with van der Waals surface area (Å²) >= 11 is 0. The summed E-state index contributed by atoms with van der Waals surface area (Å²) < 4.78 is 113. The van der Waals surface area contributed by atoms with Gasteiger partial charge in [-0.15, -0.1) is 0 Å². The van der Waals surface area contributed by atoms with E-state index in [9.17, 15) is 96.2 Å². The molecule has 352 valence electrons. The summed E-state index contributed by atoms with van der Waals surface area (Å²) in [5.41, 5.74) is 0. The van der Waals surface area contributed by atoms with Gasteiger partial charge in [0, 0.05) is 13.8 Å². The van der Waals surface area contributed by atoms with Crippen molar-refractivity contribution < 1.29 is 138 Å². The molecule has 4 fully saturated rings. The summed E-state index contributed by atoms with van der Waals surface area (Å²) in [6.45, 7) is -0.754. The van der Waals surface area contributed by atoms with E-state index in [1.54, 1.807) is 0 Å². The Labute approximate surface area is 342 Å². The van der Waals surface area contributed by atoms with Crippen LogP contribution in [0.15, 0.2) is 0 Å². The summed E-state index contributed by atoms with van der Waals surface area (Å²) in [5, 5.41) is 108. The second-order valence-corrected chi connectivity index (χ2v) is 15.8. The molecule has 0 radical (unpaired) electrons. The number of aliphatic hydroxyl groups is 8. The van der Waals surface area contributed by atoms with Crippen LogP contribution in [0.25, 0.3) is 0 Å². The van der Waals surface area contributed by atoms with Crippen molar-refractivity contribution in [2.75, 3.05) is 13.2 Å². The number of carbonyl (C=O) groups excluding carboxylic acids is 2. The fourth-order valence-corrected chi connectivity index (χ4v) is 7.80. The number of nitrogens with one attached hydrogen (secondary N) is 2. The van der Waals surface area contributed by atoms with Crippen molar-refractivity contribution in [2.24, 2.45) is 0 Å². The van der Waals surface area contributed by atoms with Crippen LogP contribution < -0.4 is 10.6 Å². The maximum absolute atomic E-state index is 12.6. The number of hydrogen-bond acceptors (Lipinski definition) is 25. The Morgan fingerprint density at radius 3 is 1.38 bits per heavy atom. The molecule has 0 aromatic rings. The Hall–Kier alpha value is -2.98. The molecule has 4 aliphatic rings. The standard InChI is InChI=1S/C28H44N2O29S2/c1-5(33)29-9-18(16(58-60(45,46)47)7(3-31)51-25(9)44)53-28-15(39)13(37)20(22(57-28)24(42)43)55-26-10(30-6(2)34)19(17(8(4-32)52-26)59-61(48,49)50)54-27-14(38)11(35)12(36)21(56-27)23(40)41/h7-22,25-28,31-32,35-39,44H,3-4H2,1-2H3,(H,29,33)(H,30,34)(H,40,41)(H,42,43)(H,45,46,47)(H,48,49,50)/t7?,8?,9?,10?,11-,12-,13+,14?,15?,16-,17-,18+,19+,20-,21?,22?,25?,26-,27+,28+/m0/s1. The molecule has 4 aliphatic heterocycles. The lowest BCUT2D eigenvalue weighted by Gasteiger charge is -2.50. The van der Waals surface area contributed by atoms with Crippen LogP contribution in [-0.2, 0) is 81.5 Å². The SMILES string of the molecule is CC(=O)NC1C(O)OC(CO)[C@H](OS(=O)(=O)O)[C@@H]1O[C@@H]1OC(C(=O)O)[C@@H](O[C@@H]2OC(CO)[C@H](OS(=O)(=O)O)[C@H](O[C@@H]3OC(C(=O)O)[C@@H](O)[C@H](O)C3O)C2NC(C)=O)[C@H](O)C1O. The Bertz CT molecular complexity index is 1790. The Kier molecular flexibility index (Phi) is 16.8. The van der Waals surface area contributed by atoms with Crippen LogP contribution >= 0.6 is 0 Å². The second-order valence-electron chi connectivity index (χ2n) is 13.7. The van der Waals surface area contributed by atoms with Crippen LogP contribution in [0.4, 0.5) is 0 Å². The van der Waals surface area contributed by atoms with Crippen molar-refractivity contribution in [3.05, 3.63) is 0 Å². The Morgan fingerprint density at radius 1 is 0.525 bits per heavy atom. The van der Waals surface area contributed by atoms with Crippen molar-refractivity contribution >= 4 is 44.6 Å². The van der Waals surface area contributed by atoms with Crippen LogP contribution in [0.1, 0.15) is 13.8 Å². The van der Waals surface area contributed by atoms with Gasteiger partial charge in [0.05, 0.1) is 13.2 Å². The topological polar surface area (TPSA) is 486 Å². The number of carbonyl (C=O) groups is 4. The largest absolute Gasteiger partial charge is 0.479 e. The molecule has 0 spiro atoms. The van der Waals surface area contributed by atoms with Crippen molar-refractivity contribution in [3.8, 4) is 0 Å². The molecule has 0 saturated carbocycles. The molecule has 31 nitrogen and oxygen atoms in total. The number of aliphatic carboxylic acids is 2. The monoisotopic (exact) mass is 936 g/mol. The van der Waals surface area contributed by atoms with Crippen molar-refractivity contribution in [1.82, 2.24) is 10.6 Å². The minimum atomic E-state index is -5.60. The van der Waals surface area contributed by atoms with E-state index in [-0.39, 0.29) is 0 Å². The average Bonchev–Trinajstić information content (AvgIpc) is 3.13. The third kappa shape index (κ3) is 12.2. The molecule has 9 unspecified atom stereocenters. The summed E-state index contributed by atoms with van der Waals surface area (Å²) in [6.07, 6.45) is -41.8. The molecular formula is C28H44N2O29S2. The highest BCUT2D eigenvalue weighted by atomic mass is 32.3. The normalized spacial score (nSPS) is 42.3. The first-order valence-electron chi connectivity index (χ1n) is 17.4. The highest BCUT2D eigenvalue weighted by Gasteiger charge is 2.59. The minimum absolute atomic E-state index is 0.823. The second kappa shape index (κ2) is 20.2. The first kappa shape index (κ1) is 50.7. The molecule has 33 heteroatoms. The van der Waals surface area contributed by atoms with E-state index in [1.165, 1.54) is 0 Å². The quantitative estimate of drug-likeness (QED) is 0.0639. The summed E-state index contributed by atoms with van der Waals surface area (Å²) in [4.78, 5) is 48.9. The average molecular weight is 937 g/mol. The van der Waals surface area contributed by atoms with Crippen LogP contribution in [0.2, 0.25) is 0 Å². The molecule has 0 bridgehead atoms. The first-order valence-corrected chi connectivity index (χ1v) is 20.1. The predicted molar refractivity (Wildman–Crippen MR) is 179 cm³/mol. The summed E-state index contributed by atoms with van der Waals surface area (Å²) in [7, 11) is -11.1. The van der Waals surface area contributed by atoms with Gasteiger partial charge in [-0.3, -0.25) is 18.7 Å². The lowest BCUT2D eigenvalue weighted by Crippen LogP contribution is -2.71. The van der Waals surface area contributed by atoms with Gasteiger partial charge in [-0.25, -0.2) is 18.0 Å². The molecule has 0 aliphatic carbocycles. The lowest BCUT2D eigenvalue weighted by atomic mass is 9.94. The van der Waals surface area contributed by atoms with Crippen LogP contribution in [-0.4, -0.2) is 237 Å². The van der Waals surface area contributed by atoms with Gasteiger partial charge in [-0.05, 0) is 0 Å².